The molecule has 0 radical (unpaired) electrons. The van der Waals surface area contributed by atoms with Gasteiger partial charge in [-0.3, -0.25) is 0 Å². The Bertz CT molecular complexity index is 1450. The molecule has 0 fully saturated rings. The van der Waals surface area contributed by atoms with Crippen LogP contribution in [0.15, 0.2) is 82.6 Å². The molecule has 0 N–H and O–H groups in total. The van der Waals surface area contributed by atoms with Crippen molar-refractivity contribution in [3.8, 4) is 0 Å². The molecule has 9 heteroatoms. The van der Waals surface area contributed by atoms with Crippen LogP contribution in [0.25, 0.3) is 21.5 Å². The summed E-state index contributed by atoms with van der Waals surface area (Å²) in [4.78, 5) is -0.149. The minimum absolute atomic E-state index is 0. The molecule has 0 aliphatic heterocycles. The standard InChI is InChI=1S/2C14H16O3S.Ca/c2*1-2-3-7-13-12-8-5-4-6-11(12)9-10-14(13)18(15,16)17;/h2*4-6,8-10H,2-3,7H2,1H3,(H,15,16,17);/q;;+2/p-2. The van der Waals surface area contributed by atoms with Gasteiger partial charge in [-0.25, -0.2) is 16.8 Å². The molecule has 192 valence electrons. The summed E-state index contributed by atoms with van der Waals surface area (Å²) in [5.41, 5.74) is 1.31. The maximum absolute atomic E-state index is 11.3. The van der Waals surface area contributed by atoms with Gasteiger partial charge in [0.05, 0.1) is 9.79 Å². The first-order valence-corrected chi connectivity index (χ1v) is 14.8. The number of hydrogen-bond donors (Lipinski definition) is 0. The van der Waals surface area contributed by atoms with Crippen LogP contribution in [0.4, 0.5) is 0 Å². The van der Waals surface area contributed by atoms with Gasteiger partial charge in [-0.2, -0.15) is 0 Å². The van der Waals surface area contributed by atoms with E-state index in [-0.39, 0.29) is 47.5 Å². The predicted molar refractivity (Wildman–Crippen MR) is 147 cm³/mol. The fourth-order valence-electron chi connectivity index (χ4n) is 4.32. The van der Waals surface area contributed by atoms with E-state index in [4.69, 9.17) is 0 Å². The molecule has 37 heavy (non-hydrogen) atoms. The normalized spacial score (nSPS) is 11.6. The summed E-state index contributed by atoms with van der Waals surface area (Å²) in [6, 6.07) is 21.3. The van der Waals surface area contributed by atoms with Crippen molar-refractivity contribution in [2.45, 2.75) is 62.2 Å². The molecule has 0 aromatic heterocycles. The quantitative estimate of drug-likeness (QED) is 0.197. The number of rotatable bonds is 8. The third-order valence-corrected chi connectivity index (χ3v) is 7.94. The summed E-state index contributed by atoms with van der Waals surface area (Å²) in [5.74, 6) is 0. The molecule has 0 amide bonds. The van der Waals surface area contributed by atoms with E-state index in [0.29, 0.717) is 24.0 Å². The van der Waals surface area contributed by atoms with Crippen molar-refractivity contribution in [2.75, 3.05) is 0 Å². The van der Waals surface area contributed by atoms with Crippen LogP contribution in [-0.4, -0.2) is 63.7 Å². The zero-order valence-corrected chi connectivity index (χ0v) is 25.0. The summed E-state index contributed by atoms with van der Waals surface area (Å²) in [5, 5.41) is 3.66. The van der Waals surface area contributed by atoms with Crippen LogP contribution < -0.4 is 0 Å². The first-order chi connectivity index (χ1) is 17.1. The van der Waals surface area contributed by atoms with E-state index in [9.17, 15) is 25.9 Å². The van der Waals surface area contributed by atoms with E-state index >= 15 is 0 Å². The minimum atomic E-state index is -4.41. The van der Waals surface area contributed by atoms with Gasteiger partial charge >= 0.3 is 37.7 Å². The van der Waals surface area contributed by atoms with Gasteiger partial charge in [-0.05, 0) is 70.5 Å². The first-order valence-electron chi connectivity index (χ1n) is 12.0. The van der Waals surface area contributed by atoms with Crippen molar-refractivity contribution in [1.29, 1.82) is 0 Å². The topological polar surface area (TPSA) is 114 Å². The summed E-state index contributed by atoms with van der Waals surface area (Å²) < 4.78 is 67.8. The molecule has 4 aromatic rings. The largest absolute Gasteiger partial charge is 2.00 e. The molecule has 0 heterocycles. The number of unbranched alkanes of at least 4 members (excludes halogenated alkanes) is 2. The first kappa shape index (κ1) is 31.7. The van der Waals surface area contributed by atoms with E-state index in [2.05, 4.69) is 0 Å². The van der Waals surface area contributed by atoms with E-state index in [1.165, 1.54) is 12.1 Å². The Labute approximate surface area is 249 Å². The van der Waals surface area contributed by atoms with Crippen molar-refractivity contribution >= 4 is 79.5 Å². The molecule has 6 nitrogen and oxygen atoms in total. The van der Waals surface area contributed by atoms with Crippen LogP contribution in [0.1, 0.15) is 50.7 Å². The second-order valence-electron chi connectivity index (χ2n) is 8.64. The molecule has 0 bridgehead atoms. The monoisotopic (exact) mass is 566 g/mol. The van der Waals surface area contributed by atoms with Crippen molar-refractivity contribution in [3.05, 3.63) is 83.9 Å². The smallest absolute Gasteiger partial charge is 0.744 e. The van der Waals surface area contributed by atoms with Crippen molar-refractivity contribution in [3.63, 3.8) is 0 Å². The Morgan fingerprint density at radius 2 is 0.919 bits per heavy atom. The van der Waals surface area contributed by atoms with Gasteiger partial charge in [0.15, 0.2) is 0 Å². The maximum atomic E-state index is 11.3. The minimum Gasteiger partial charge on any atom is -0.744 e. The van der Waals surface area contributed by atoms with Crippen molar-refractivity contribution in [1.82, 2.24) is 0 Å². The molecule has 4 aromatic carbocycles. The average molecular weight is 567 g/mol. The number of fused-ring (bicyclic) bond motifs is 2. The number of benzene rings is 4. The summed E-state index contributed by atoms with van der Waals surface area (Å²) in [7, 11) is -8.81. The molecule has 0 spiro atoms. The van der Waals surface area contributed by atoms with E-state index in [1.807, 2.05) is 62.4 Å². The third-order valence-electron chi connectivity index (χ3n) is 6.09. The Morgan fingerprint density at radius 3 is 1.24 bits per heavy atom. The van der Waals surface area contributed by atoms with Crippen LogP contribution in [0.2, 0.25) is 0 Å². The molecule has 0 aliphatic rings. The van der Waals surface area contributed by atoms with Crippen LogP contribution in [-0.2, 0) is 33.1 Å². The molecule has 0 atom stereocenters. The van der Waals surface area contributed by atoms with Gasteiger partial charge in [-0.1, -0.05) is 87.4 Å². The second-order valence-corrected chi connectivity index (χ2v) is 11.3. The molecule has 4 rings (SSSR count). The number of aryl methyl sites for hydroxylation is 2. The molecule has 0 aliphatic carbocycles. The maximum Gasteiger partial charge on any atom is 2.00 e. The Balaban J connectivity index is 0.000000253. The molecule has 0 unspecified atom stereocenters. The van der Waals surface area contributed by atoms with Gasteiger partial charge in [0, 0.05) is 0 Å². The van der Waals surface area contributed by atoms with E-state index < -0.39 is 20.2 Å². The van der Waals surface area contributed by atoms with E-state index in [0.717, 1.165) is 47.2 Å². The summed E-state index contributed by atoms with van der Waals surface area (Å²) in [6.07, 6.45) is 4.90. The Hall–Kier alpha value is -1.52. The van der Waals surface area contributed by atoms with Gasteiger partial charge in [0.25, 0.3) is 0 Å². The van der Waals surface area contributed by atoms with Crippen LogP contribution in [0.3, 0.4) is 0 Å². The molecule has 0 saturated carbocycles. The van der Waals surface area contributed by atoms with Crippen LogP contribution >= 0.6 is 0 Å². The Kier molecular flexibility index (Phi) is 12.0. The molecular weight excluding hydrogens is 537 g/mol. The van der Waals surface area contributed by atoms with Gasteiger partial charge in [-0.15, -0.1) is 0 Å². The fourth-order valence-corrected chi connectivity index (χ4v) is 5.82. The van der Waals surface area contributed by atoms with Gasteiger partial charge in [0.2, 0.25) is 0 Å². The van der Waals surface area contributed by atoms with Gasteiger partial charge in [0.1, 0.15) is 20.2 Å². The summed E-state index contributed by atoms with van der Waals surface area (Å²) in [6.45, 7) is 4.08. The zero-order chi connectivity index (χ0) is 26.3. The zero-order valence-electron chi connectivity index (χ0n) is 21.1. The molecule has 0 saturated heterocycles. The average Bonchev–Trinajstić information content (AvgIpc) is 2.84. The SMILES string of the molecule is CCCCc1c(S(=O)(=O)[O-])ccc2ccccc12.CCCCc1c(S(=O)(=O)[O-])ccc2ccccc12.[Ca+2]. The summed E-state index contributed by atoms with van der Waals surface area (Å²) >= 11 is 0. The third kappa shape index (κ3) is 8.23. The van der Waals surface area contributed by atoms with Crippen LogP contribution in [0, 0.1) is 0 Å². The number of hydrogen-bond acceptors (Lipinski definition) is 6. The van der Waals surface area contributed by atoms with Crippen LogP contribution in [0.5, 0.6) is 0 Å². The fraction of sp³-hybridized carbons (Fsp3) is 0.286. The van der Waals surface area contributed by atoms with Crippen molar-refractivity contribution < 1.29 is 25.9 Å². The second kappa shape index (κ2) is 14.0. The predicted octanol–water partition coefficient (Wildman–Crippen LogP) is 5.79. The molecular formula is C28H30CaO6S2. The van der Waals surface area contributed by atoms with E-state index in [1.54, 1.807) is 12.1 Å². The van der Waals surface area contributed by atoms with Gasteiger partial charge < -0.3 is 9.11 Å². The Morgan fingerprint density at radius 1 is 0.568 bits per heavy atom. The van der Waals surface area contributed by atoms with Crippen molar-refractivity contribution in [2.24, 2.45) is 0 Å².